The Balaban J connectivity index is 1.09. The van der Waals surface area contributed by atoms with E-state index in [1.165, 1.54) is 76.1 Å². The van der Waals surface area contributed by atoms with Gasteiger partial charge >= 0.3 is 0 Å². The minimum atomic E-state index is 1.13. The summed E-state index contributed by atoms with van der Waals surface area (Å²) in [5, 5.41) is 3.72. The zero-order valence-corrected chi connectivity index (χ0v) is 30.1. The Morgan fingerprint density at radius 3 is 1.59 bits per heavy atom. The van der Waals surface area contributed by atoms with E-state index in [1.807, 2.05) is 11.8 Å². The summed E-state index contributed by atoms with van der Waals surface area (Å²) < 4.78 is 4.80. The van der Waals surface area contributed by atoms with E-state index < -0.39 is 0 Å². The highest BCUT2D eigenvalue weighted by Crippen LogP contribution is 2.51. The quantitative estimate of drug-likeness (QED) is 0.177. The summed E-state index contributed by atoms with van der Waals surface area (Å²) in [6.45, 7) is 0. The zero-order valence-electron chi connectivity index (χ0n) is 29.3. The third-order valence-corrected chi connectivity index (χ3v) is 11.8. The predicted octanol–water partition coefficient (Wildman–Crippen LogP) is 14.0. The number of fused-ring (bicyclic) bond motifs is 7. The summed E-state index contributed by atoms with van der Waals surface area (Å²) in [6.07, 6.45) is 2.23. The molecule has 1 aliphatic rings. The third kappa shape index (κ3) is 4.92. The molecule has 8 aromatic carbocycles. The monoisotopic (exact) mass is 707 g/mol. The highest BCUT2D eigenvalue weighted by Gasteiger charge is 2.25. The van der Waals surface area contributed by atoms with Crippen molar-refractivity contribution in [2.24, 2.45) is 0 Å². The van der Waals surface area contributed by atoms with Crippen LogP contribution in [0.5, 0.6) is 0 Å². The van der Waals surface area contributed by atoms with Gasteiger partial charge in [-0.05, 0) is 107 Å². The van der Waals surface area contributed by atoms with Crippen molar-refractivity contribution in [3.8, 4) is 33.6 Å². The minimum Gasteiger partial charge on any atom is -0.316 e. The summed E-state index contributed by atoms with van der Waals surface area (Å²) in [7, 11) is 0. The lowest BCUT2D eigenvalue weighted by molar-refractivity contribution is 1.13. The lowest BCUT2D eigenvalue weighted by atomic mass is 9.98. The SMILES string of the molecule is c1ccc(-c2cc(-c3ccccc3)cc(-n3ccc4c3ccc3c5ccccc5n(-c5ccc(N6c7ccccc7Sc7ccccc76)cc5)c34)c2)cc1. The van der Waals surface area contributed by atoms with Crippen molar-refractivity contribution in [1.82, 2.24) is 9.13 Å². The molecule has 0 saturated carbocycles. The van der Waals surface area contributed by atoms with Crippen LogP contribution in [0.15, 0.2) is 210 Å². The van der Waals surface area contributed by atoms with Crippen LogP contribution >= 0.6 is 11.8 Å². The van der Waals surface area contributed by atoms with Gasteiger partial charge in [-0.1, -0.05) is 121 Å². The molecule has 0 fully saturated rings. The van der Waals surface area contributed by atoms with Crippen molar-refractivity contribution >= 4 is 61.5 Å². The first-order valence-corrected chi connectivity index (χ1v) is 19.2. The number of rotatable bonds is 5. The molecule has 0 spiro atoms. The zero-order chi connectivity index (χ0) is 35.6. The molecule has 11 rings (SSSR count). The van der Waals surface area contributed by atoms with Gasteiger partial charge in [-0.3, -0.25) is 0 Å². The second-order valence-corrected chi connectivity index (χ2v) is 14.9. The van der Waals surface area contributed by atoms with Gasteiger partial charge in [0.25, 0.3) is 0 Å². The maximum atomic E-state index is 2.45. The Labute approximate surface area is 318 Å². The largest absolute Gasteiger partial charge is 0.316 e. The molecular weight excluding hydrogens is 675 g/mol. The first kappa shape index (κ1) is 30.8. The molecule has 2 aromatic heterocycles. The highest BCUT2D eigenvalue weighted by molar-refractivity contribution is 7.99. The van der Waals surface area contributed by atoms with Gasteiger partial charge in [-0.15, -0.1) is 0 Å². The van der Waals surface area contributed by atoms with E-state index in [4.69, 9.17) is 0 Å². The Bertz CT molecular complexity index is 2910. The van der Waals surface area contributed by atoms with Crippen molar-refractivity contribution in [3.05, 3.63) is 200 Å². The summed E-state index contributed by atoms with van der Waals surface area (Å²) in [6, 6.07) is 70.4. The van der Waals surface area contributed by atoms with E-state index >= 15 is 0 Å². The van der Waals surface area contributed by atoms with Gasteiger partial charge in [0.15, 0.2) is 0 Å². The molecule has 0 saturated heterocycles. The van der Waals surface area contributed by atoms with Crippen LogP contribution in [0.3, 0.4) is 0 Å². The second-order valence-electron chi connectivity index (χ2n) is 13.8. The van der Waals surface area contributed by atoms with Crippen molar-refractivity contribution in [3.63, 3.8) is 0 Å². The molecule has 0 bridgehead atoms. The summed E-state index contributed by atoms with van der Waals surface area (Å²) in [4.78, 5) is 4.92. The molecule has 0 atom stereocenters. The molecule has 254 valence electrons. The van der Waals surface area contributed by atoms with E-state index in [1.54, 1.807) is 0 Å². The molecule has 3 heterocycles. The summed E-state index contributed by atoms with van der Waals surface area (Å²) in [5.41, 5.74) is 14.2. The average Bonchev–Trinajstić information content (AvgIpc) is 3.83. The fourth-order valence-corrected chi connectivity index (χ4v) is 9.31. The number of hydrogen-bond acceptors (Lipinski definition) is 2. The molecule has 0 N–H and O–H groups in total. The van der Waals surface area contributed by atoms with Gasteiger partial charge in [0.2, 0.25) is 0 Å². The number of anilines is 3. The average molecular weight is 708 g/mol. The molecule has 10 aromatic rings. The topological polar surface area (TPSA) is 13.1 Å². The van der Waals surface area contributed by atoms with Gasteiger partial charge in [0.05, 0.1) is 27.9 Å². The summed E-state index contributed by atoms with van der Waals surface area (Å²) >= 11 is 1.84. The van der Waals surface area contributed by atoms with Crippen molar-refractivity contribution in [1.29, 1.82) is 0 Å². The van der Waals surface area contributed by atoms with E-state index in [0.717, 1.165) is 17.1 Å². The van der Waals surface area contributed by atoms with Crippen molar-refractivity contribution in [2.45, 2.75) is 9.79 Å². The van der Waals surface area contributed by atoms with Crippen LogP contribution < -0.4 is 4.90 Å². The van der Waals surface area contributed by atoms with Crippen LogP contribution in [0.1, 0.15) is 0 Å². The standard InChI is InChI=1S/C50H33N3S/c1-3-13-34(14-4-1)36-31-37(35-15-5-2-6-16-35)33-40(32-36)51-30-29-43-44(51)28-27-42-41-17-7-8-18-45(41)53(50(42)43)39-25-23-38(24-26-39)52-46-19-9-11-21-48(46)54-49-22-12-10-20-47(49)52/h1-33H. The number of hydrogen-bond donors (Lipinski definition) is 0. The molecular formula is C50H33N3S. The van der Waals surface area contributed by atoms with Crippen LogP contribution in [0, 0.1) is 0 Å². The van der Waals surface area contributed by atoms with E-state index in [0.29, 0.717) is 0 Å². The molecule has 0 unspecified atom stereocenters. The first-order chi connectivity index (χ1) is 26.8. The summed E-state index contributed by atoms with van der Waals surface area (Å²) in [5.74, 6) is 0. The number of para-hydroxylation sites is 3. The van der Waals surface area contributed by atoms with E-state index in [-0.39, 0.29) is 0 Å². The Hall–Kier alpha value is -6.75. The van der Waals surface area contributed by atoms with E-state index in [2.05, 4.69) is 214 Å². The van der Waals surface area contributed by atoms with E-state index in [9.17, 15) is 0 Å². The lowest BCUT2D eigenvalue weighted by Gasteiger charge is -2.32. The number of nitrogens with zero attached hydrogens (tertiary/aromatic N) is 3. The fourth-order valence-electron chi connectivity index (χ4n) is 8.25. The maximum absolute atomic E-state index is 2.45. The lowest BCUT2D eigenvalue weighted by Crippen LogP contribution is -2.14. The van der Waals surface area contributed by atoms with Crippen molar-refractivity contribution < 1.29 is 0 Å². The minimum absolute atomic E-state index is 1.13. The van der Waals surface area contributed by atoms with Crippen LogP contribution in [0.25, 0.3) is 66.3 Å². The fraction of sp³-hybridized carbons (Fsp3) is 0. The normalized spacial score (nSPS) is 12.3. The van der Waals surface area contributed by atoms with Gasteiger partial charge < -0.3 is 14.0 Å². The number of aromatic nitrogens is 2. The molecule has 1 aliphatic heterocycles. The molecule has 0 aliphatic carbocycles. The molecule has 54 heavy (non-hydrogen) atoms. The molecule has 3 nitrogen and oxygen atoms in total. The van der Waals surface area contributed by atoms with Crippen LogP contribution in [0.4, 0.5) is 17.1 Å². The first-order valence-electron chi connectivity index (χ1n) is 18.3. The molecule has 0 radical (unpaired) electrons. The van der Waals surface area contributed by atoms with Crippen molar-refractivity contribution in [2.75, 3.05) is 4.90 Å². The smallest absolute Gasteiger partial charge is 0.0635 e. The van der Waals surface area contributed by atoms with Gasteiger partial charge in [-0.25, -0.2) is 0 Å². The number of benzene rings is 8. The second kappa shape index (κ2) is 12.4. The Morgan fingerprint density at radius 1 is 0.352 bits per heavy atom. The van der Waals surface area contributed by atoms with Crippen LogP contribution in [-0.2, 0) is 0 Å². The van der Waals surface area contributed by atoms with Gasteiger partial charge in [0, 0.05) is 49.2 Å². The molecule has 0 amide bonds. The van der Waals surface area contributed by atoms with Gasteiger partial charge in [0.1, 0.15) is 0 Å². The maximum Gasteiger partial charge on any atom is 0.0635 e. The van der Waals surface area contributed by atoms with Crippen LogP contribution in [-0.4, -0.2) is 9.13 Å². The Morgan fingerprint density at radius 2 is 0.926 bits per heavy atom. The van der Waals surface area contributed by atoms with Gasteiger partial charge in [-0.2, -0.15) is 0 Å². The van der Waals surface area contributed by atoms with Crippen LogP contribution in [0.2, 0.25) is 0 Å². The highest BCUT2D eigenvalue weighted by atomic mass is 32.2. The predicted molar refractivity (Wildman–Crippen MR) is 227 cm³/mol. The molecule has 4 heteroatoms. The Kier molecular flexibility index (Phi) is 7.10. The third-order valence-electron chi connectivity index (χ3n) is 10.7.